The van der Waals surface area contributed by atoms with Gasteiger partial charge in [-0.15, -0.1) is 0 Å². The van der Waals surface area contributed by atoms with Gasteiger partial charge in [0.25, 0.3) is 0 Å². The molecule has 2 heteroatoms. The molecule has 0 saturated heterocycles. The summed E-state index contributed by atoms with van der Waals surface area (Å²) >= 11 is 6.53. The molecule has 28 heavy (non-hydrogen) atoms. The molecular weight excluding hydrogens is 379 g/mol. The average Bonchev–Trinajstić information content (AvgIpc) is 2.75. The van der Waals surface area contributed by atoms with Gasteiger partial charge in [0.1, 0.15) is 0 Å². The molecule has 0 N–H and O–H groups in total. The van der Waals surface area contributed by atoms with Crippen LogP contribution in [0.5, 0.6) is 0 Å². The second-order valence-electron chi connectivity index (χ2n) is 6.82. The lowest BCUT2D eigenvalue weighted by Gasteiger charge is -2.21. The Morgan fingerprint density at radius 1 is 0.500 bits per heavy atom. The van der Waals surface area contributed by atoms with Crippen LogP contribution in [0.2, 0.25) is 5.02 Å². The molecule has 5 aromatic carbocycles. The fourth-order valence-corrected chi connectivity index (χ4v) is 6.47. The lowest BCUT2D eigenvalue weighted by atomic mass is 10.0. The molecule has 134 valence electrons. The van der Waals surface area contributed by atoms with Crippen molar-refractivity contribution in [1.29, 1.82) is 0 Å². The Kier molecular flexibility index (Phi) is 4.61. The molecule has 0 aromatic heterocycles. The molecule has 0 nitrogen and oxygen atoms in total. The van der Waals surface area contributed by atoms with E-state index in [2.05, 4.69) is 97.1 Å². The first-order chi connectivity index (χ1) is 13.8. The van der Waals surface area contributed by atoms with E-state index < -0.39 is 7.92 Å². The summed E-state index contributed by atoms with van der Waals surface area (Å²) in [7, 11) is -0.654. The first-order valence-corrected chi connectivity index (χ1v) is 11.0. The van der Waals surface area contributed by atoms with Crippen molar-refractivity contribution < 1.29 is 0 Å². The van der Waals surface area contributed by atoms with Gasteiger partial charge < -0.3 is 0 Å². The van der Waals surface area contributed by atoms with Gasteiger partial charge in [0.2, 0.25) is 0 Å². The van der Waals surface area contributed by atoms with E-state index in [0.717, 1.165) is 10.4 Å². The molecule has 0 bridgehead atoms. The Bertz CT molecular complexity index is 1220. The average molecular weight is 397 g/mol. The van der Waals surface area contributed by atoms with E-state index in [-0.39, 0.29) is 0 Å². The summed E-state index contributed by atoms with van der Waals surface area (Å²) in [6.45, 7) is 0. The van der Waals surface area contributed by atoms with Crippen LogP contribution < -0.4 is 15.9 Å². The maximum absolute atomic E-state index is 6.53. The zero-order chi connectivity index (χ0) is 18.9. The molecule has 5 rings (SSSR count). The van der Waals surface area contributed by atoms with Crippen molar-refractivity contribution in [3.05, 3.63) is 114 Å². The number of rotatable bonds is 3. The SMILES string of the molecule is Clc1cccc2cc3cccc(P(c4ccccc4)c4ccccc4)c3cc12. The lowest BCUT2D eigenvalue weighted by molar-refractivity contribution is 1.75. The van der Waals surface area contributed by atoms with Crippen molar-refractivity contribution in [1.82, 2.24) is 0 Å². The van der Waals surface area contributed by atoms with Crippen molar-refractivity contribution in [3.8, 4) is 0 Å². The van der Waals surface area contributed by atoms with Crippen LogP contribution in [0.4, 0.5) is 0 Å². The Balaban J connectivity index is 1.83. The molecule has 0 aliphatic heterocycles. The first-order valence-electron chi connectivity index (χ1n) is 9.32. The second-order valence-corrected chi connectivity index (χ2v) is 9.41. The van der Waals surface area contributed by atoms with Crippen LogP contribution in [-0.2, 0) is 0 Å². The highest BCUT2D eigenvalue weighted by Crippen LogP contribution is 2.37. The maximum Gasteiger partial charge on any atom is 0.0484 e. The summed E-state index contributed by atoms with van der Waals surface area (Å²) in [5.41, 5.74) is 0. The minimum Gasteiger partial charge on any atom is -0.0837 e. The van der Waals surface area contributed by atoms with Crippen molar-refractivity contribution in [2.45, 2.75) is 0 Å². The minimum atomic E-state index is -0.654. The lowest BCUT2D eigenvalue weighted by Crippen LogP contribution is -2.21. The predicted molar refractivity (Wildman–Crippen MR) is 125 cm³/mol. The van der Waals surface area contributed by atoms with Crippen molar-refractivity contribution in [2.75, 3.05) is 0 Å². The van der Waals surface area contributed by atoms with Gasteiger partial charge >= 0.3 is 0 Å². The van der Waals surface area contributed by atoms with E-state index in [1.165, 1.54) is 32.1 Å². The Hall–Kier alpha value is -2.66. The first kappa shape index (κ1) is 17.4. The Morgan fingerprint density at radius 3 is 1.71 bits per heavy atom. The molecule has 0 atom stereocenters. The zero-order valence-corrected chi connectivity index (χ0v) is 16.9. The predicted octanol–water partition coefficient (Wildman–Crippen LogP) is 6.40. The minimum absolute atomic E-state index is 0.654. The monoisotopic (exact) mass is 396 g/mol. The number of fused-ring (bicyclic) bond motifs is 2. The normalized spacial score (nSPS) is 11.4. The smallest absolute Gasteiger partial charge is 0.0484 e. The molecule has 5 aromatic rings. The Labute approximate surface area is 171 Å². The number of halogens is 1. The largest absolute Gasteiger partial charge is 0.0837 e. The molecular formula is C26H18ClP. The summed E-state index contributed by atoms with van der Waals surface area (Å²) in [5, 5.41) is 9.71. The van der Waals surface area contributed by atoms with Crippen molar-refractivity contribution >= 4 is 57.0 Å². The van der Waals surface area contributed by atoms with E-state index in [0.29, 0.717) is 0 Å². The number of hydrogen-bond acceptors (Lipinski definition) is 0. The third-order valence-electron chi connectivity index (χ3n) is 5.07. The molecule has 0 aliphatic carbocycles. The van der Waals surface area contributed by atoms with Crippen molar-refractivity contribution in [2.24, 2.45) is 0 Å². The van der Waals surface area contributed by atoms with Crippen LogP contribution in [-0.4, -0.2) is 0 Å². The highest BCUT2D eigenvalue weighted by molar-refractivity contribution is 7.80. The highest BCUT2D eigenvalue weighted by Gasteiger charge is 2.18. The van der Waals surface area contributed by atoms with Gasteiger partial charge in [-0.25, -0.2) is 0 Å². The summed E-state index contributed by atoms with van der Waals surface area (Å²) in [4.78, 5) is 0. The van der Waals surface area contributed by atoms with Crippen LogP contribution in [0, 0.1) is 0 Å². The van der Waals surface area contributed by atoms with Crippen LogP contribution in [0.25, 0.3) is 21.5 Å². The van der Waals surface area contributed by atoms with Gasteiger partial charge in [-0.05, 0) is 58.2 Å². The summed E-state index contributed by atoms with van der Waals surface area (Å²) < 4.78 is 0. The van der Waals surface area contributed by atoms with Crippen LogP contribution in [0.3, 0.4) is 0 Å². The fourth-order valence-electron chi connectivity index (χ4n) is 3.77. The van der Waals surface area contributed by atoms with Crippen LogP contribution >= 0.6 is 19.5 Å². The summed E-state index contributed by atoms with van der Waals surface area (Å²) in [6, 6.07) is 38.9. The maximum atomic E-state index is 6.53. The standard InChI is InChI=1S/C26H18ClP/c27-25-15-7-9-19-17-20-10-8-16-26(24(20)18-23(19)25)28(21-11-3-1-4-12-21)22-13-5-2-6-14-22/h1-18H. The molecule has 0 unspecified atom stereocenters. The second kappa shape index (κ2) is 7.40. The van der Waals surface area contributed by atoms with E-state index in [9.17, 15) is 0 Å². The van der Waals surface area contributed by atoms with E-state index in [1.54, 1.807) is 0 Å². The molecule has 0 radical (unpaired) electrons. The van der Waals surface area contributed by atoms with E-state index >= 15 is 0 Å². The van der Waals surface area contributed by atoms with Gasteiger partial charge in [0, 0.05) is 10.4 Å². The molecule has 0 fully saturated rings. The van der Waals surface area contributed by atoms with Gasteiger partial charge in [-0.3, -0.25) is 0 Å². The zero-order valence-electron chi connectivity index (χ0n) is 15.2. The molecule has 0 saturated carbocycles. The van der Waals surface area contributed by atoms with E-state index in [1.807, 2.05) is 12.1 Å². The third-order valence-corrected chi connectivity index (χ3v) is 7.90. The summed E-state index contributed by atoms with van der Waals surface area (Å²) in [6.07, 6.45) is 0. The number of benzene rings is 5. The molecule has 0 amide bonds. The fraction of sp³-hybridized carbons (Fsp3) is 0. The third kappa shape index (κ3) is 3.10. The molecule has 0 aliphatic rings. The van der Waals surface area contributed by atoms with Gasteiger partial charge in [-0.2, -0.15) is 0 Å². The molecule has 0 spiro atoms. The van der Waals surface area contributed by atoms with Gasteiger partial charge in [0.15, 0.2) is 0 Å². The van der Waals surface area contributed by atoms with Crippen molar-refractivity contribution in [3.63, 3.8) is 0 Å². The topological polar surface area (TPSA) is 0 Å². The van der Waals surface area contributed by atoms with Crippen LogP contribution in [0.15, 0.2) is 109 Å². The highest BCUT2D eigenvalue weighted by atomic mass is 35.5. The van der Waals surface area contributed by atoms with E-state index in [4.69, 9.17) is 11.6 Å². The Morgan fingerprint density at radius 2 is 1.07 bits per heavy atom. The van der Waals surface area contributed by atoms with Gasteiger partial charge in [0.05, 0.1) is 0 Å². The quantitative estimate of drug-likeness (QED) is 0.244. The van der Waals surface area contributed by atoms with Crippen LogP contribution in [0.1, 0.15) is 0 Å². The summed E-state index contributed by atoms with van der Waals surface area (Å²) in [5.74, 6) is 0. The van der Waals surface area contributed by atoms with Gasteiger partial charge in [-0.1, -0.05) is 103 Å². The number of hydrogen-bond donors (Lipinski definition) is 0. The molecule has 0 heterocycles.